The summed E-state index contributed by atoms with van der Waals surface area (Å²) < 4.78 is 19.3. The fourth-order valence-electron chi connectivity index (χ4n) is 4.19. The van der Waals surface area contributed by atoms with Crippen LogP contribution in [0.2, 0.25) is 0 Å². The number of methoxy groups -OCH3 is 1. The highest BCUT2D eigenvalue weighted by atomic mass is 32.1. The zero-order chi connectivity index (χ0) is 19.1. The highest BCUT2D eigenvalue weighted by molar-refractivity contribution is 7.09. The van der Waals surface area contributed by atoms with E-state index in [1.807, 2.05) is 29.8 Å². The maximum Gasteiger partial charge on any atom is 0.165 e. The predicted octanol–water partition coefficient (Wildman–Crippen LogP) is 4.92. The monoisotopic (exact) mass is 393 g/mol. The maximum absolute atomic E-state index is 14.0. The molecule has 1 unspecified atom stereocenters. The van der Waals surface area contributed by atoms with Crippen LogP contribution in [0.1, 0.15) is 27.9 Å². The molecule has 28 heavy (non-hydrogen) atoms. The van der Waals surface area contributed by atoms with Crippen molar-refractivity contribution in [3.05, 3.63) is 81.7 Å². The van der Waals surface area contributed by atoms with Crippen molar-refractivity contribution < 1.29 is 9.13 Å². The lowest BCUT2D eigenvalue weighted by Crippen LogP contribution is -2.35. The van der Waals surface area contributed by atoms with Gasteiger partial charge in [-0.25, -0.2) is 9.37 Å². The van der Waals surface area contributed by atoms with E-state index in [1.54, 1.807) is 11.3 Å². The average molecular weight is 393 g/mol. The van der Waals surface area contributed by atoms with Gasteiger partial charge in [0.15, 0.2) is 11.6 Å². The molecular formula is C22H20FN3OS. The van der Waals surface area contributed by atoms with Crippen LogP contribution in [-0.2, 0) is 13.0 Å². The van der Waals surface area contributed by atoms with Gasteiger partial charge in [0.25, 0.3) is 0 Å². The number of thiazole rings is 1. The smallest absolute Gasteiger partial charge is 0.165 e. The summed E-state index contributed by atoms with van der Waals surface area (Å²) in [7, 11) is 1.50. The number of benzene rings is 2. The van der Waals surface area contributed by atoms with Gasteiger partial charge < -0.3 is 9.72 Å². The van der Waals surface area contributed by atoms with Crippen molar-refractivity contribution in [2.75, 3.05) is 13.7 Å². The van der Waals surface area contributed by atoms with Crippen LogP contribution in [0.4, 0.5) is 4.39 Å². The third-order valence-corrected chi connectivity index (χ3v) is 6.21. The summed E-state index contributed by atoms with van der Waals surface area (Å²) >= 11 is 1.66. The molecule has 0 aliphatic carbocycles. The largest absolute Gasteiger partial charge is 0.494 e. The minimum atomic E-state index is -0.342. The number of para-hydroxylation sites is 1. The molecule has 0 amide bonds. The summed E-state index contributed by atoms with van der Waals surface area (Å²) in [5, 5.41) is 4.35. The van der Waals surface area contributed by atoms with Gasteiger partial charge in [0.2, 0.25) is 0 Å². The Morgan fingerprint density at radius 3 is 3.00 bits per heavy atom. The van der Waals surface area contributed by atoms with Crippen LogP contribution in [0.5, 0.6) is 5.75 Å². The third-order valence-electron chi connectivity index (χ3n) is 5.45. The summed E-state index contributed by atoms with van der Waals surface area (Å²) in [5.74, 6) is -0.0691. The second kappa shape index (κ2) is 7.04. The first kappa shape index (κ1) is 17.4. The maximum atomic E-state index is 14.0. The van der Waals surface area contributed by atoms with Crippen molar-refractivity contribution in [1.29, 1.82) is 0 Å². The summed E-state index contributed by atoms with van der Waals surface area (Å²) in [4.78, 5) is 10.5. The molecule has 0 fully saturated rings. The van der Waals surface area contributed by atoms with Gasteiger partial charge in [0.1, 0.15) is 5.01 Å². The Bertz CT molecular complexity index is 1120. The number of ether oxygens (including phenoxy) is 1. The standard InChI is InChI=1S/C22H20FN3OS/c1-27-19-12-14(6-7-17(19)23)22-21-16(15-4-2-3-5-18(15)25-21)8-10-26(22)13-20-24-9-11-28-20/h2-7,9,11-12,22,25H,8,10,13H2,1H3. The summed E-state index contributed by atoms with van der Waals surface area (Å²) in [5.41, 5.74) is 4.68. The lowest BCUT2D eigenvalue weighted by atomic mass is 9.92. The molecule has 0 radical (unpaired) electrons. The van der Waals surface area contributed by atoms with Crippen molar-refractivity contribution in [3.63, 3.8) is 0 Å². The van der Waals surface area contributed by atoms with E-state index in [2.05, 4.69) is 33.1 Å². The SMILES string of the molecule is COc1cc(C2c3[nH]c4ccccc4c3CCN2Cc2nccs2)ccc1F. The fraction of sp³-hybridized carbons (Fsp3) is 0.227. The van der Waals surface area contributed by atoms with Crippen molar-refractivity contribution in [2.24, 2.45) is 0 Å². The van der Waals surface area contributed by atoms with E-state index in [1.165, 1.54) is 29.8 Å². The number of hydrogen-bond acceptors (Lipinski definition) is 4. The van der Waals surface area contributed by atoms with Crippen LogP contribution in [0.25, 0.3) is 10.9 Å². The first-order valence-electron chi connectivity index (χ1n) is 9.30. The van der Waals surface area contributed by atoms with Gasteiger partial charge >= 0.3 is 0 Å². The molecular weight excluding hydrogens is 373 g/mol. The van der Waals surface area contributed by atoms with Crippen LogP contribution >= 0.6 is 11.3 Å². The fourth-order valence-corrected chi connectivity index (χ4v) is 4.83. The van der Waals surface area contributed by atoms with Crippen LogP contribution in [-0.4, -0.2) is 28.5 Å². The lowest BCUT2D eigenvalue weighted by Gasteiger charge is -2.35. The normalized spacial score (nSPS) is 17.0. The number of aromatic amines is 1. The van der Waals surface area contributed by atoms with E-state index in [0.29, 0.717) is 0 Å². The topological polar surface area (TPSA) is 41.1 Å². The number of aromatic nitrogens is 2. The molecule has 1 N–H and O–H groups in total. The highest BCUT2D eigenvalue weighted by Gasteiger charge is 2.32. The molecule has 0 saturated carbocycles. The van der Waals surface area contributed by atoms with Crippen LogP contribution in [0.3, 0.4) is 0 Å². The molecule has 142 valence electrons. The molecule has 4 aromatic rings. The van der Waals surface area contributed by atoms with E-state index in [9.17, 15) is 4.39 Å². The minimum Gasteiger partial charge on any atom is -0.494 e. The van der Waals surface area contributed by atoms with E-state index in [4.69, 9.17) is 4.74 Å². The molecule has 3 heterocycles. The Labute approximate surface area is 166 Å². The number of nitrogens with zero attached hydrogens (tertiary/aromatic N) is 2. The summed E-state index contributed by atoms with van der Waals surface area (Å²) in [6.07, 6.45) is 2.81. The molecule has 6 heteroatoms. The van der Waals surface area contributed by atoms with E-state index >= 15 is 0 Å². The number of halogens is 1. The molecule has 0 bridgehead atoms. The number of nitrogens with one attached hydrogen (secondary N) is 1. The van der Waals surface area contributed by atoms with Crippen molar-refractivity contribution in [2.45, 2.75) is 19.0 Å². The van der Waals surface area contributed by atoms with Gasteiger partial charge in [-0.05, 0) is 35.7 Å². The van der Waals surface area contributed by atoms with Crippen LogP contribution in [0, 0.1) is 5.82 Å². The molecule has 2 aromatic carbocycles. The van der Waals surface area contributed by atoms with Gasteiger partial charge in [-0.1, -0.05) is 24.3 Å². The second-order valence-corrected chi connectivity index (χ2v) is 7.98. The number of hydrogen-bond donors (Lipinski definition) is 1. The average Bonchev–Trinajstić information content (AvgIpc) is 3.36. The predicted molar refractivity (Wildman–Crippen MR) is 109 cm³/mol. The van der Waals surface area contributed by atoms with Gasteiger partial charge in [0, 0.05) is 34.7 Å². The Balaban J connectivity index is 1.65. The first-order valence-corrected chi connectivity index (χ1v) is 10.2. The molecule has 4 nitrogen and oxygen atoms in total. The molecule has 0 spiro atoms. The van der Waals surface area contributed by atoms with Crippen molar-refractivity contribution in [1.82, 2.24) is 14.9 Å². The summed E-state index contributed by atoms with van der Waals surface area (Å²) in [6.45, 7) is 1.68. The quantitative estimate of drug-likeness (QED) is 0.535. The van der Waals surface area contributed by atoms with Crippen LogP contribution < -0.4 is 4.74 Å². The Morgan fingerprint density at radius 1 is 1.29 bits per heavy atom. The van der Waals surface area contributed by atoms with Gasteiger partial charge in [-0.15, -0.1) is 11.3 Å². The van der Waals surface area contributed by atoms with E-state index < -0.39 is 0 Å². The van der Waals surface area contributed by atoms with Gasteiger partial charge in [0.05, 0.1) is 19.7 Å². The van der Waals surface area contributed by atoms with E-state index in [-0.39, 0.29) is 17.6 Å². The number of rotatable bonds is 4. The first-order chi connectivity index (χ1) is 13.7. The molecule has 0 saturated heterocycles. The second-order valence-electron chi connectivity index (χ2n) is 7.01. The zero-order valence-corrected chi connectivity index (χ0v) is 16.3. The Hall–Kier alpha value is -2.70. The zero-order valence-electron chi connectivity index (χ0n) is 15.5. The Morgan fingerprint density at radius 2 is 2.18 bits per heavy atom. The van der Waals surface area contributed by atoms with E-state index in [0.717, 1.165) is 35.6 Å². The highest BCUT2D eigenvalue weighted by Crippen LogP contribution is 2.40. The lowest BCUT2D eigenvalue weighted by molar-refractivity contribution is 0.201. The third kappa shape index (κ3) is 2.89. The van der Waals surface area contributed by atoms with Crippen LogP contribution in [0.15, 0.2) is 54.0 Å². The Kier molecular flexibility index (Phi) is 4.37. The molecule has 1 atom stereocenters. The van der Waals surface area contributed by atoms with Gasteiger partial charge in [-0.3, -0.25) is 4.90 Å². The molecule has 2 aromatic heterocycles. The van der Waals surface area contributed by atoms with Gasteiger partial charge in [-0.2, -0.15) is 0 Å². The minimum absolute atomic E-state index is 0.00505. The van der Waals surface area contributed by atoms with Crippen molar-refractivity contribution in [3.8, 4) is 5.75 Å². The number of H-pyrrole nitrogens is 1. The molecule has 1 aliphatic heterocycles. The summed E-state index contributed by atoms with van der Waals surface area (Å²) in [6, 6.07) is 13.6. The number of fused-ring (bicyclic) bond motifs is 3. The molecule has 1 aliphatic rings. The molecule has 5 rings (SSSR count). The van der Waals surface area contributed by atoms with Crippen molar-refractivity contribution >= 4 is 22.2 Å².